The van der Waals surface area contributed by atoms with Crippen LogP contribution in [-0.2, 0) is 6.42 Å². The summed E-state index contributed by atoms with van der Waals surface area (Å²) < 4.78 is 0. The Labute approximate surface area is 89.5 Å². The van der Waals surface area contributed by atoms with Crippen LogP contribution in [0.5, 0.6) is 0 Å². The second-order valence-electron chi connectivity index (χ2n) is 4.28. The van der Waals surface area contributed by atoms with Crippen LogP contribution in [0.4, 0.5) is 0 Å². The first-order valence-electron chi connectivity index (χ1n) is 4.97. The molecule has 14 heavy (non-hydrogen) atoms. The van der Waals surface area contributed by atoms with Crippen molar-refractivity contribution in [3.8, 4) is 0 Å². The molecule has 1 aliphatic rings. The summed E-state index contributed by atoms with van der Waals surface area (Å²) in [5.41, 5.74) is 8.17. The number of rotatable bonds is 3. The number of nitrogens with two attached hydrogens (primary N) is 1. The molecule has 76 valence electrons. The lowest BCUT2D eigenvalue weighted by Crippen LogP contribution is -2.18. The quantitative estimate of drug-likeness (QED) is 0.778. The van der Waals surface area contributed by atoms with E-state index in [9.17, 15) is 0 Å². The summed E-state index contributed by atoms with van der Waals surface area (Å²) in [6.45, 7) is 2.71. The Kier molecular flexibility index (Phi) is 2.50. The maximum Gasteiger partial charge on any atom is 0.132 e. The number of nitrogens with zero attached hydrogens (tertiary/aromatic N) is 1. The second-order valence-corrected chi connectivity index (χ2v) is 4.64. The number of pyridine rings is 1. The van der Waals surface area contributed by atoms with E-state index in [1.165, 1.54) is 12.8 Å². The summed E-state index contributed by atoms with van der Waals surface area (Å²) in [5.74, 6) is 0. The SMILES string of the molecule is Cc1ccc(CC2(CN)CC2)c(Cl)n1. The Morgan fingerprint density at radius 2 is 2.21 bits per heavy atom. The molecule has 1 saturated carbocycles. The van der Waals surface area contributed by atoms with Crippen LogP contribution in [0.15, 0.2) is 12.1 Å². The monoisotopic (exact) mass is 210 g/mol. The van der Waals surface area contributed by atoms with E-state index in [-0.39, 0.29) is 0 Å². The zero-order valence-corrected chi connectivity index (χ0v) is 9.14. The number of hydrogen-bond acceptors (Lipinski definition) is 2. The van der Waals surface area contributed by atoms with Crippen LogP contribution in [0.1, 0.15) is 24.1 Å². The molecule has 0 bridgehead atoms. The predicted octanol–water partition coefficient (Wildman–Crippen LogP) is 2.32. The molecule has 0 aromatic carbocycles. The van der Waals surface area contributed by atoms with E-state index < -0.39 is 0 Å². The first kappa shape index (κ1) is 9.94. The van der Waals surface area contributed by atoms with Crippen molar-refractivity contribution in [1.29, 1.82) is 0 Å². The summed E-state index contributed by atoms with van der Waals surface area (Å²) in [7, 11) is 0. The van der Waals surface area contributed by atoms with Gasteiger partial charge in [-0.05, 0) is 49.8 Å². The Morgan fingerprint density at radius 1 is 1.50 bits per heavy atom. The van der Waals surface area contributed by atoms with Crippen molar-refractivity contribution in [3.63, 3.8) is 0 Å². The number of halogens is 1. The average molecular weight is 211 g/mol. The van der Waals surface area contributed by atoms with Gasteiger partial charge in [0.15, 0.2) is 0 Å². The highest BCUT2D eigenvalue weighted by Crippen LogP contribution is 2.47. The molecule has 2 nitrogen and oxygen atoms in total. The third-order valence-corrected chi connectivity index (χ3v) is 3.35. The Balaban J connectivity index is 2.17. The lowest BCUT2D eigenvalue weighted by atomic mass is 9.98. The molecule has 1 heterocycles. The van der Waals surface area contributed by atoms with Gasteiger partial charge in [-0.15, -0.1) is 0 Å². The highest BCUT2D eigenvalue weighted by molar-refractivity contribution is 6.30. The Hall–Kier alpha value is -0.600. The summed E-state index contributed by atoms with van der Waals surface area (Å²) >= 11 is 6.07. The Morgan fingerprint density at radius 3 is 2.71 bits per heavy atom. The van der Waals surface area contributed by atoms with E-state index >= 15 is 0 Å². The second kappa shape index (κ2) is 3.52. The van der Waals surface area contributed by atoms with Crippen molar-refractivity contribution < 1.29 is 0 Å². The fourth-order valence-corrected chi connectivity index (χ4v) is 1.98. The highest BCUT2D eigenvalue weighted by atomic mass is 35.5. The van der Waals surface area contributed by atoms with Crippen molar-refractivity contribution in [3.05, 3.63) is 28.5 Å². The van der Waals surface area contributed by atoms with Crippen LogP contribution in [0.2, 0.25) is 5.15 Å². The molecule has 1 aliphatic carbocycles. The largest absolute Gasteiger partial charge is 0.330 e. The predicted molar refractivity (Wildman–Crippen MR) is 58.4 cm³/mol. The zero-order valence-electron chi connectivity index (χ0n) is 8.39. The van der Waals surface area contributed by atoms with Crippen LogP contribution in [-0.4, -0.2) is 11.5 Å². The van der Waals surface area contributed by atoms with Gasteiger partial charge in [0.1, 0.15) is 5.15 Å². The van der Waals surface area contributed by atoms with E-state index in [1.807, 2.05) is 13.0 Å². The Bertz CT molecular complexity index is 345. The molecule has 0 unspecified atom stereocenters. The van der Waals surface area contributed by atoms with Gasteiger partial charge in [-0.1, -0.05) is 17.7 Å². The maximum atomic E-state index is 6.07. The number of hydrogen-bond donors (Lipinski definition) is 1. The van der Waals surface area contributed by atoms with Crippen molar-refractivity contribution >= 4 is 11.6 Å². The third-order valence-electron chi connectivity index (χ3n) is 3.02. The highest BCUT2D eigenvalue weighted by Gasteiger charge is 2.41. The fourth-order valence-electron chi connectivity index (χ4n) is 1.72. The smallest absolute Gasteiger partial charge is 0.132 e. The fraction of sp³-hybridized carbons (Fsp3) is 0.545. The van der Waals surface area contributed by atoms with E-state index in [1.54, 1.807) is 0 Å². The zero-order chi connectivity index (χ0) is 10.2. The summed E-state index contributed by atoms with van der Waals surface area (Å²) in [4.78, 5) is 4.24. The van der Waals surface area contributed by atoms with E-state index in [0.717, 1.165) is 24.2 Å². The molecule has 0 saturated heterocycles. The lowest BCUT2D eigenvalue weighted by molar-refractivity contribution is 0.520. The van der Waals surface area contributed by atoms with Crippen LogP contribution in [0.25, 0.3) is 0 Å². The summed E-state index contributed by atoms with van der Waals surface area (Å²) in [5, 5.41) is 0.643. The van der Waals surface area contributed by atoms with Crippen LogP contribution < -0.4 is 5.73 Å². The minimum Gasteiger partial charge on any atom is -0.330 e. The van der Waals surface area contributed by atoms with E-state index in [4.69, 9.17) is 17.3 Å². The molecule has 2 N–H and O–H groups in total. The molecule has 0 atom stereocenters. The molecule has 0 radical (unpaired) electrons. The molecule has 1 aromatic rings. The molecule has 0 aliphatic heterocycles. The van der Waals surface area contributed by atoms with Crippen molar-refractivity contribution in [2.75, 3.05) is 6.54 Å². The number of aryl methyl sites for hydroxylation is 1. The topological polar surface area (TPSA) is 38.9 Å². The van der Waals surface area contributed by atoms with Gasteiger partial charge < -0.3 is 5.73 Å². The van der Waals surface area contributed by atoms with Gasteiger partial charge in [0.2, 0.25) is 0 Å². The van der Waals surface area contributed by atoms with Crippen LogP contribution in [0, 0.1) is 12.3 Å². The first-order chi connectivity index (χ1) is 6.65. The normalized spacial score (nSPS) is 18.2. The number of aromatic nitrogens is 1. The van der Waals surface area contributed by atoms with Crippen molar-refractivity contribution in [1.82, 2.24) is 4.98 Å². The molecule has 2 rings (SSSR count). The molecule has 3 heteroatoms. The lowest BCUT2D eigenvalue weighted by Gasteiger charge is -2.12. The molecule has 1 fully saturated rings. The van der Waals surface area contributed by atoms with E-state index in [2.05, 4.69) is 11.1 Å². The van der Waals surface area contributed by atoms with Crippen molar-refractivity contribution in [2.45, 2.75) is 26.2 Å². The molecule has 0 spiro atoms. The van der Waals surface area contributed by atoms with E-state index in [0.29, 0.717) is 10.6 Å². The van der Waals surface area contributed by atoms with Gasteiger partial charge in [0, 0.05) is 5.69 Å². The van der Waals surface area contributed by atoms with Gasteiger partial charge in [0.05, 0.1) is 0 Å². The standard InChI is InChI=1S/C11H15ClN2/c1-8-2-3-9(10(12)14-8)6-11(7-13)4-5-11/h2-3H,4-7,13H2,1H3. The maximum absolute atomic E-state index is 6.07. The van der Waals surface area contributed by atoms with Gasteiger partial charge in [-0.3, -0.25) is 0 Å². The van der Waals surface area contributed by atoms with Crippen LogP contribution in [0.3, 0.4) is 0 Å². The summed E-state index contributed by atoms with van der Waals surface area (Å²) in [6.07, 6.45) is 3.44. The average Bonchev–Trinajstić information content (AvgIpc) is 2.91. The van der Waals surface area contributed by atoms with Gasteiger partial charge in [-0.2, -0.15) is 0 Å². The van der Waals surface area contributed by atoms with Crippen LogP contribution >= 0.6 is 11.6 Å². The van der Waals surface area contributed by atoms with Gasteiger partial charge >= 0.3 is 0 Å². The summed E-state index contributed by atoms with van der Waals surface area (Å²) in [6, 6.07) is 4.08. The minimum atomic E-state index is 0.334. The molecular weight excluding hydrogens is 196 g/mol. The molecule has 1 aromatic heterocycles. The first-order valence-corrected chi connectivity index (χ1v) is 5.35. The molecule has 0 amide bonds. The molecular formula is C11H15ClN2. The van der Waals surface area contributed by atoms with Crippen molar-refractivity contribution in [2.24, 2.45) is 11.1 Å². The van der Waals surface area contributed by atoms with Gasteiger partial charge in [-0.25, -0.2) is 4.98 Å². The third kappa shape index (κ3) is 1.91. The van der Waals surface area contributed by atoms with Gasteiger partial charge in [0.25, 0.3) is 0 Å². The minimum absolute atomic E-state index is 0.334.